The molecule has 7 heteroatoms. The molecule has 0 saturated carbocycles. The topological polar surface area (TPSA) is 70.6 Å². The van der Waals surface area contributed by atoms with E-state index < -0.39 is 6.03 Å². The Hall–Kier alpha value is -0.690. The zero-order valence-electron chi connectivity index (χ0n) is 10.2. The van der Waals surface area contributed by atoms with Gasteiger partial charge in [0.15, 0.2) is 0 Å². The molecule has 0 aliphatic carbocycles. The molecule has 0 unspecified atom stereocenters. The van der Waals surface area contributed by atoms with Gasteiger partial charge in [0.25, 0.3) is 0 Å². The molecule has 2 N–H and O–H groups in total. The maximum absolute atomic E-state index is 11.4. The van der Waals surface area contributed by atoms with E-state index in [2.05, 4.69) is 15.6 Å². The van der Waals surface area contributed by atoms with Crippen LogP contribution in [0.1, 0.15) is 20.8 Å². The SMILES string of the molecule is CC(C)(C)NC(=O)NC(=O)CSC1=NCCS1. The highest BCUT2D eigenvalue weighted by atomic mass is 32.2. The molecule has 1 aliphatic heterocycles. The van der Waals surface area contributed by atoms with Crippen molar-refractivity contribution in [3.63, 3.8) is 0 Å². The van der Waals surface area contributed by atoms with Crippen LogP contribution in [0.25, 0.3) is 0 Å². The van der Waals surface area contributed by atoms with Gasteiger partial charge in [-0.25, -0.2) is 4.79 Å². The average molecular weight is 275 g/mol. The van der Waals surface area contributed by atoms with E-state index in [0.717, 1.165) is 16.7 Å². The Balaban J connectivity index is 2.22. The van der Waals surface area contributed by atoms with Crippen LogP contribution >= 0.6 is 23.5 Å². The number of aliphatic imine (C=N–C) groups is 1. The summed E-state index contributed by atoms with van der Waals surface area (Å²) in [7, 11) is 0. The molecule has 0 aromatic rings. The number of hydrogen-bond donors (Lipinski definition) is 2. The number of urea groups is 1. The van der Waals surface area contributed by atoms with Crippen molar-refractivity contribution in [3.05, 3.63) is 0 Å². The van der Waals surface area contributed by atoms with Crippen LogP contribution < -0.4 is 10.6 Å². The molecular formula is C10H17N3O2S2. The van der Waals surface area contributed by atoms with Gasteiger partial charge >= 0.3 is 6.03 Å². The maximum atomic E-state index is 11.4. The van der Waals surface area contributed by atoms with E-state index in [4.69, 9.17) is 0 Å². The number of rotatable bonds is 2. The second-order valence-corrected chi connectivity index (χ2v) is 6.84. The molecule has 96 valence electrons. The van der Waals surface area contributed by atoms with Crippen molar-refractivity contribution in [1.82, 2.24) is 10.6 Å². The largest absolute Gasteiger partial charge is 0.333 e. The first-order chi connectivity index (χ1) is 7.87. The van der Waals surface area contributed by atoms with Gasteiger partial charge in [0.1, 0.15) is 4.38 Å². The van der Waals surface area contributed by atoms with Gasteiger partial charge in [0.2, 0.25) is 5.91 Å². The fraction of sp³-hybridized carbons (Fsp3) is 0.700. The number of nitrogens with zero attached hydrogens (tertiary/aromatic N) is 1. The van der Waals surface area contributed by atoms with Crippen molar-refractivity contribution >= 4 is 39.8 Å². The lowest BCUT2D eigenvalue weighted by Crippen LogP contribution is -2.48. The van der Waals surface area contributed by atoms with E-state index in [1.165, 1.54) is 11.8 Å². The summed E-state index contributed by atoms with van der Waals surface area (Å²) in [6, 6.07) is -0.455. The van der Waals surface area contributed by atoms with Crippen LogP contribution in [0, 0.1) is 0 Å². The van der Waals surface area contributed by atoms with E-state index in [1.54, 1.807) is 11.8 Å². The average Bonchev–Trinajstić information content (AvgIpc) is 2.63. The van der Waals surface area contributed by atoms with E-state index in [0.29, 0.717) is 0 Å². The number of imide groups is 1. The monoisotopic (exact) mass is 275 g/mol. The van der Waals surface area contributed by atoms with Gasteiger partial charge in [-0.05, 0) is 20.8 Å². The quantitative estimate of drug-likeness (QED) is 0.800. The molecule has 0 saturated heterocycles. The summed E-state index contributed by atoms with van der Waals surface area (Å²) >= 11 is 3.02. The lowest BCUT2D eigenvalue weighted by atomic mass is 10.1. The van der Waals surface area contributed by atoms with Gasteiger partial charge < -0.3 is 5.32 Å². The van der Waals surface area contributed by atoms with Gasteiger partial charge in [-0.1, -0.05) is 23.5 Å². The highest BCUT2D eigenvalue weighted by Gasteiger charge is 2.16. The third-order valence-electron chi connectivity index (χ3n) is 1.63. The van der Waals surface area contributed by atoms with Crippen molar-refractivity contribution in [1.29, 1.82) is 0 Å². The number of hydrogen-bond acceptors (Lipinski definition) is 5. The zero-order valence-corrected chi connectivity index (χ0v) is 11.8. The van der Waals surface area contributed by atoms with Crippen LogP contribution in [0.3, 0.4) is 0 Å². The minimum Gasteiger partial charge on any atom is -0.333 e. The lowest BCUT2D eigenvalue weighted by molar-refractivity contribution is -0.117. The predicted molar refractivity (Wildman–Crippen MR) is 73.6 cm³/mol. The molecule has 1 rings (SSSR count). The second kappa shape index (κ2) is 6.30. The number of amides is 3. The molecule has 1 heterocycles. The summed E-state index contributed by atoms with van der Waals surface area (Å²) in [4.78, 5) is 27.0. The van der Waals surface area contributed by atoms with Crippen molar-refractivity contribution in [2.24, 2.45) is 4.99 Å². The normalized spacial score (nSPS) is 15.4. The lowest BCUT2D eigenvalue weighted by Gasteiger charge is -2.20. The van der Waals surface area contributed by atoms with Crippen molar-refractivity contribution < 1.29 is 9.59 Å². The van der Waals surface area contributed by atoms with Crippen LogP contribution in [0.5, 0.6) is 0 Å². The smallest absolute Gasteiger partial charge is 0.321 e. The standard InChI is InChI=1S/C10H17N3O2S2/c1-10(2,3)13-8(15)12-7(14)6-17-9-11-4-5-16-9/h4-6H2,1-3H3,(H2,12,13,14,15). The summed E-state index contributed by atoms with van der Waals surface area (Å²) in [5, 5.41) is 4.95. The minimum atomic E-state index is -0.455. The maximum Gasteiger partial charge on any atom is 0.321 e. The molecule has 0 bridgehead atoms. The summed E-state index contributed by atoms with van der Waals surface area (Å²) < 4.78 is 0.927. The van der Waals surface area contributed by atoms with Gasteiger partial charge in [-0.2, -0.15) is 0 Å². The van der Waals surface area contributed by atoms with Gasteiger partial charge in [-0.3, -0.25) is 15.1 Å². The highest BCUT2D eigenvalue weighted by Crippen LogP contribution is 2.21. The van der Waals surface area contributed by atoms with Crippen molar-refractivity contribution in [3.8, 4) is 0 Å². The van der Waals surface area contributed by atoms with Crippen LogP contribution in [0.15, 0.2) is 4.99 Å². The van der Waals surface area contributed by atoms with E-state index in [1.807, 2.05) is 20.8 Å². The summed E-state index contributed by atoms with van der Waals surface area (Å²) in [6.07, 6.45) is 0. The second-order valence-electron chi connectivity index (χ2n) is 4.54. The zero-order chi connectivity index (χ0) is 12.9. The fourth-order valence-corrected chi connectivity index (χ4v) is 2.87. The summed E-state index contributed by atoms with van der Waals surface area (Å²) in [5.41, 5.74) is -0.344. The van der Waals surface area contributed by atoms with Crippen LogP contribution in [0.2, 0.25) is 0 Å². The van der Waals surface area contributed by atoms with E-state index >= 15 is 0 Å². The molecule has 0 fully saturated rings. The Morgan fingerprint density at radius 3 is 2.71 bits per heavy atom. The van der Waals surface area contributed by atoms with Crippen molar-refractivity contribution in [2.75, 3.05) is 18.1 Å². The molecule has 0 aromatic heterocycles. The molecule has 0 radical (unpaired) electrons. The number of nitrogens with one attached hydrogen (secondary N) is 2. The molecule has 3 amide bonds. The first-order valence-corrected chi connectivity index (χ1v) is 7.26. The molecule has 0 atom stereocenters. The van der Waals surface area contributed by atoms with E-state index in [-0.39, 0.29) is 17.2 Å². The Morgan fingerprint density at radius 2 is 2.18 bits per heavy atom. The third-order valence-corrected chi connectivity index (χ3v) is 3.88. The van der Waals surface area contributed by atoms with Gasteiger partial charge in [-0.15, -0.1) is 0 Å². The number of thioether (sulfide) groups is 2. The van der Waals surface area contributed by atoms with Crippen LogP contribution in [-0.4, -0.2) is 39.9 Å². The minimum absolute atomic E-state index is 0.226. The fourth-order valence-electron chi connectivity index (χ4n) is 1.06. The molecule has 5 nitrogen and oxygen atoms in total. The van der Waals surface area contributed by atoms with Crippen molar-refractivity contribution in [2.45, 2.75) is 26.3 Å². The van der Waals surface area contributed by atoms with Crippen LogP contribution in [0.4, 0.5) is 4.79 Å². The first-order valence-electron chi connectivity index (χ1n) is 5.29. The molecule has 17 heavy (non-hydrogen) atoms. The molecule has 0 spiro atoms. The summed E-state index contributed by atoms with van der Waals surface area (Å²) in [5.74, 6) is 0.907. The predicted octanol–water partition coefficient (Wildman–Crippen LogP) is 1.45. The Bertz CT molecular complexity index is 337. The number of carbonyl (C=O) groups is 2. The summed E-state index contributed by atoms with van der Waals surface area (Å²) in [6.45, 7) is 6.39. The van der Waals surface area contributed by atoms with Gasteiger partial charge in [0, 0.05) is 11.3 Å². The Kier molecular flexibility index (Phi) is 5.32. The molecule has 0 aromatic carbocycles. The third kappa shape index (κ3) is 6.58. The number of carbonyl (C=O) groups excluding carboxylic acids is 2. The van der Waals surface area contributed by atoms with Crippen LogP contribution in [-0.2, 0) is 4.79 Å². The Morgan fingerprint density at radius 1 is 1.47 bits per heavy atom. The highest BCUT2D eigenvalue weighted by molar-refractivity contribution is 8.39. The molecular weight excluding hydrogens is 258 g/mol. The van der Waals surface area contributed by atoms with E-state index in [9.17, 15) is 9.59 Å². The first kappa shape index (κ1) is 14.4. The Labute approximate surface area is 110 Å². The van der Waals surface area contributed by atoms with Gasteiger partial charge in [0.05, 0.1) is 12.3 Å². The molecule has 1 aliphatic rings.